The molecule has 0 saturated heterocycles. The van der Waals surface area contributed by atoms with E-state index in [9.17, 15) is 0 Å². The zero-order chi connectivity index (χ0) is 18.6. The highest BCUT2D eigenvalue weighted by Crippen LogP contribution is 2.50. The van der Waals surface area contributed by atoms with Gasteiger partial charge in [-0.15, -0.1) is 0 Å². The van der Waals surface area contributed by atoms with Crippen LogP contribution in [0.1, 0.15) is 55.9 Å². The number of benzene rings is 2. The molecule has 0 spiro atoms. The van der Waals surface area contributed by atoms with Crippen molar-refractivity contribution < 1.29 is 4.57 Å². The van der Waals surface area contributed by atoms with Crippen LogP contribution in [0.4, 0.5) is 0 Å². The van der Waals surface area contributed by atoms with E-state index in [-0.39, 0.29) is 5.41 Å². The summed E-state index contributed by atoms with van der Waals surface area (Å²) in [5.74, 6) is 0.546. The first-order valence-corrected chi connectivity index (χ1v) is 9.55. The lowest BCUT2D eigenvalue weighted by Gasteiger charge is -2.22. The fourth-order valence-corrected chi connectivity index (χ4v) is 4.36. The molecule has 4 rings (SSSR count). The van der Waals surface area contributed by atoms with Gasteiger partial charge in [-0.3, -0.25) is 0 Å². The zero-order valence-electron chi connectivity index (χ0n) is 16.7. The average Bonchev–Trinajstić information content (AvgIpc) is 2.82. The number of hydrogen-bond acceptors (Lipinski definition) is 0. The van der Waals surface area contributed by atoms with Crippen molar-refractivity contribution in [1.82, 2.24) is 0 Å². The second kappa shape index (κ2) is 5.81. The molecular formula is C25H28N+. The normalized spacial score (nSPS) is 14.4. The first kappa shape index (κ1) is 17.0. The molecule has 1 aliphatic carbocycles. The summed E-state index contributed by atoms with van der Waals surface area (Å²) < 4.78 is 2.21. The number of aromatic nitrogens is 1. The maximum absolute atomic E-state index is 2.41. The molecule has 1 nitrogen and oxygen atoms in total. The van der Waals surface area contributed by atoms with Crippen molar-refractivity contribution in [1.29, 1.82) is 0 Å². The molecule has 0 fully saturated rings. The van der Waals surface area contributed by atoms with Gasteiger partial charge in [-0.2, -0.15) is 0 Å². The molecular weight excluding hydrogens is 314 g/mol. The van der Waals surface area contributed by atoms with Crippen LogP contribution in [0.2, 0.25) is 0 Å². The Kier molecular flexibility index (Phi) is 3.80. The van der Waals surface area contributed by atoms with E-state index in [1.807, 2.05) is 0 Å². The molecule has 132 valence electrons. The Morgan fingerprint density at radius 2 is 1.58 bits per heavy atom. The Morgan fingerprint density at radius 3 is 2.27 bits per heavy atom. The number of rotatable bonds is 2. The first-order chi connectivity index (χ1) is 12.3. The monoisotopic (exact) mass is 342 g/mol. The van der Waals surface area contributed by atoms with Crippen molar-refractivity contribution in [2.24, 2.45) is 7.05 Å². The fourth-order valence-electron chi connectivity index (χ4n) is 4.36. The Hall–Kier alpha value is -2.41. The van der Waals surface area contributed by atoms with E-state index in [1.165, 1.54) is 44.6 Å². The summed E-state index contributed by atoms with van der Waals surface area (Å²) in [5, 5.41) is 0. The maximum Gasteiger partial charge on any atom is 0.212 e. The number of aryl methyl sites for hydroxylation is 2. The highest BCUT2D eigenvalue weighted by molar-refractivity contribution is 5.85. The van der Waals surface area contributed by atoms with Gasteiger partial charge < -0.3 is 0 Å². The predicted octanol–water partition coefficient (Wildman–Crippen LogP) is 5.92. The van der Waals surface area contributed by atoms with Crippen molar-refractivity contribution in [2.45, 2.75) is 46.0 Å². The predicted molar refractivity (Wildman–Crippen MR) is 109 cm³/mol. The average molecular weight is 343 g/mol. The van der Waals surface area contributed by atoms with Crippen LogP contribution in [0.25, 0.3) is 22.4 Å². The van der Waals surface area contributed by atoms with Crippen LogP contribution in [0, 0.1) is 6.92 Å². The second-order valence-corrected chi connectivity index (χ2v) is 8.49. The van der Waals surface area contributed by atoms with Crippen LogP contribution in [-0.2, 0) is 12.5 Å². The lowest BCUT2D eigenvalue weighted by molar-refractivity contribution is -0.660. The second-order valence-electron chi connectivity index (χ2n) is 8.49. The summed E-state index contributed by atoms with van der Waals surface area (Å²) in [6.07, 6.45) is 2.12. The van der Waals surface area contributed by atoms with E-state index in [4.69, 9.17) is 0 Å². The zero-order valence-corrected chi connectivity index (χ0v) is 16.7. The van der Waals surface area contributed by atoms with Gasteiger partial charge in [-0.05, 0) is 58.4 Å². The molecule has 0 saturated carbocycles. The third-order valence-corrected chi connectivity index (χ3v) is 6.04. The maximum atomic E-state index is 2.41. The van der Waals surface area contributed by atoms with Gasteiger partial charge in [-0.25, -0.2) is 4.57 Å². The van der Waals surface area contributed by atoms with E-state index >= 15 is 0 Å². The molecule has 0 amide bonds. The molecule has 0 unspecified atom stereocenters. The molecule has 0 radical (unpaired) electrons. The van der Waals surface area contributed by atoms with E-state index in [0.29, 0.717) is 5.92 Å². The smallest absolute Gasteiger partial charge is 0.201 e. The summed E-state index contributed by atoms with van der Waals surface area (Å²) >= 11 is 0. The van der Waals surface area contributed by atoms with E-state index in [2.05, 4.69) is 101 Å². The van der Waals surface area contributed by atoms with Crippen LogP contribution in [0.3, 0.4) is 0 Å². The van der Waals surface area contributed by atoms with Crippen LogP contribution in [-0.4, -0.2) is 0 Å². The van der Waals surface area contributed by atoms with E-state index in [0.717, 1.165) is 0 Å². The van der Waals surface area contributed by atoms with Crippen LogP contribution >= 0.6 is 0 Å². The van der Waals surface area contributed by atoms with Gasteiger partial charge in [0.15, 0.2) is 6.20 Å². The van der Waals surface area contributed by atoms with Crippen molar-refractivity contribution in [3.8, 4) is 22.4 Å². The molecule has 1 aromatic heterocycles. The van der Waals surface area contributed by atoms with Crippen molar-refractivity contribution in [3.63, 3.8) is 0 Å². The quantitative estimate of drug-likeness (QED) is 0.509. The van der Waals surface area contributed by atoms with E-state index < -0.39 is 0 Å². The SMILES string of the molecule is Cc1cc2c(cc1-c1cccc[n+]1C)-c1cc(C(C)C)ccc1C2(C)C. The Balaban J connectivity index is 2.00. The molecule has 3 aromatic rings. The summed E-state index contributed by atoms with van der Waals surface area (Å²) in [6.45, 7) is 11.5. The fraction of sp³-hybridized carbons (Fsp3) is 0.320. The topological polar surface area (TPSA) is 3.88 Å². The van der Waals surface area contributed by atoms with E-state index in [1.54, 1.807) is 0 Å². The summed E-state index contributed by atoms with van der Waals surface area (Å²) in [7, 11) is 2.12. The molecule has 1 heterocycles. The molecule has 1 aliphatic rings. The van der Waals surface area contributed by atoms with Crippen molar-refractivity contribution in [3.05, 3.63) is 77.0 Å². The first-order valence-electron chi connectivity index (χ1n) is 9.55. The van der Waals surface area contributed by atoms with Crippen LogP contribution < -0.4 is 4.57 Å². The largest absolute Gasteiger partial charge is 0.212 e. The molecule has 1 heteroatoms. The minimum atomic E-state index is 0.0579. The number of pyridine rings is 1. The van der Waals surface area contributed by atoms with Gasteiger partial charge in [0, 0.05) is 23.1 Å². The molecule has 2 aromatic carbocycles. The minimum absolute atomic E-state index is 0.0579. The third kappa shape index (κ3) is 2.41. The lowest BCUT2D eigenvalue weighted by Crippen LogP contribution is -2.30. The van der Waals surface area contributed by atoms with Gasteiger partial charge in [0.1, 0.15) is 7.05 Å². The van der Waals surface area contributed by atoms with Gasteiger partial charge in [0.25, 0.3) is 0 Å². The van der Waals surface area contributed by atoms with Crippen molar-refractivity contribution in [2.75, 3.05) is 0 Å². The lowest BCUT2D eigenvalue weighted by atomic mass is 9.81. The third-order valence-electron chi connectivity index (χ3n) is 6.04. The Labute approximate surface area is 157 Å². The molecule has 26 heavy (non-hydrogen) atoms. The van der Waals surface area contributed by atoms with Crippen LogP contribution in [0.15, 0.2) is 54.7 Å². The van der Waals surface area contributed by atoms with Crippen LogP contribution in [0.5, 0.6) is 0 Å². The standard InChI is InChI=1S/C25H28N/c1-16(2)18-10-11-22-20(14-18)21-15-19(24-9-7-8-12-26(24)6)17(3)13-23(21)25(22,4)5/h7-16H,1-6H3/q+1. The molecule has 0 bridgehead atoms. The number of fused-ring (bicyclic) bond motifs is 3. The van der Waals surface area contributed by atoms with Gasteiger partial charge in [-0.1, -0.05) is 52.0 Å². The minimum Gasteiger partial charge on any atom is -0.201 e. The van der Waals surface area contributed by atoms with Gasteiger partial charge in [0.05, 0.1) is 0 Å². The molecule has 0 atom stereocenters. The Morgan fingerprint density at radius 1 is 0.846 bits per heavy atom. The van der Waals surface area contributed by atoms with Gasteiger partial charge >= 0.3 is 0 Å². The molecule has 0 aliphatic heterocycles. The summed E-state index contributed by atoms with van der Waals surface area (Å²) in [4.78, 5) is 0. The van der Waals surface area contributed by atoms with Crippen molar-refractivity contribution >= 4 is 0 Å². The number of nitrogens with zero attached hydrogens (tertiary/aromatic N) is 1. The summed E-state index contributed by atoms with van der Waals surface area (Å²) in [5.41, 5.74) is 11.1. The van der Waals surface area contributed by atoms with Gasteiger partial charge in [0.2, 0.25) is 5.69 Å². The highest BCUT2D eigenvalue weighted by atomic mass is 14.9. The summed E-state index contributed by atoms with van der Waals surface area (Å²) in [6, 6.07) is 18.3. The Bertz CT molecular complexity index is 1010. The highest BCUT2D eigenvalue weighted by Gasteiger charge is 2.36. The molecule has 0 N–H and O–H groups in total. The number of hydrogen-bond donors (Lipinski definition) is 0.